The number of rotatable bonds is 1. The van der Waals surface area contributed by atoms with E-state index >= 15 is 0 Å². The molecular formula is C10H11NO3S. The third-order valence-electron chi connectivity index (χ3n) is 2.34. The van der Waals surface area contributed by atoms with E-state index < -0.39 is 15.9 Å². The second-order valence-electron chi connectivity index (χ2n) is 3.56. The van der Waals surface area contributed by atoms with E-state index in [0.717, 1.165) is 0 Å². The van der Waals surface area contributed by atoms with Crippen LogP contribution in [0.5, 0.6) is 5.75 Å². The summed E-state index contributed by atoms with van der Waals surface area (Å²) >= 11 is 0. The number of benzene rings is 1. The molecule has 0 fully saturated rings. The Morgan fingerprint density at radius 2 is 2.07 bits per heavy atom. The first-order valence-electron chi connectivity index (χ1n) is 4.48. The molecule has 1 aliphatic rings. The van der Waals surface area contributed by atoms with Gasteiger partial charge in [0.05, 0.1) is 9.80 Å². The minimum atomic E-state index is -3.44. The van der Waals surface area contributed by atoms with E-state index in [1.807, 2.05) is 0 Å². The normalized spacial score (nSPS) is 19.5. The van der Waals surface area contributed by atoms with Crippen molar-refractivity contribution in [2.75, 3.05) is 0 Å². The van der Waals surface area contributed by atoms with Crippen molar-refractivity contribution in [2.45, 2.75) is 17.9 Å². The first-order chi connectivity index (χ1) is 6.93. The highest BCUT2D eigenvalue weighted by Gasteiger charge is 2.31. The van der Waals surface area contributed by atoms with Gasteiger partial charge in [0.15, 0.2) is 0 Å². The Balaban J connectivity index is 2.69. The van der Waals surface area contributed by atoms with Gasteiger partial charge in [0.1, 0.15) is 5.75 Å². The first-order valence-corrected chi connectivity index (χ1v) is 5.96. The lowest BCUT2D eigenvalue weighted by atomic mass is 10.2. The van der Waals surface area contributed by atoms with E-state index in [4.69, 9.17) is 5.73 Å². The van der Waals surface area contributed by atoms with E-state index in [9.17, 15) is 13.5 Å². The lowest BCUT2D eigenvalue weighted by molar-refractivity contribution is 0.474. The number of aromatic hydroxyl groups is 1. The third kappa shape index (κ3) is 1.44. The van der Waals surface area contributed by atoms with Gasteiger partial charge in [-0.15, -0.1) is 0 Å². The number of hydrogen-bond donors (Lipinski definition) is 2. The van der Waals surface area contributed by atoms with E-state index in [2.05, 4.69) is 0 Å². The summed E-state index contributed by atoms with van der Waals surface area (Å²) in [6.07, 6.45) is 1.51. The molecule has 1 unspecified atom stereocenters. The van der Waals surface area contributed by atoms with Crippen LogP contribution in [0, 0.1) is 0 Å². The van der Waals surface area contributed by atoms with Crippen LogP contribution in [-0.2, 0) is 9.84 Å². The predicted octanol–water partition coefficient (Wildman–Crippen LogP) is 0.868. The van der Waals surface area contributed by atoms with Crippen LogP contribution in [-0.4, -0.2) is 19.6 Å². The fraction of sp³-hybridized carbons (Fsp3) is 0.200. The van der Waals surface area contributed by atoms with E-state index in [-0.39, 0.29) is 15.6 Å². The highest BCUT2D eigenvalue weighted by Crippen LogP contribution is 2.35. The molecule has 0 aromatic heterocycles. The van der Waals surface area contributed by atoms with Gasteiger partial charge in [0, 0.05) is 6.04 Å². The number of phenols is 1. The zero-order valence-corrected chi connectivity index (χ0v) is 8.95. The molecule has 80 valence electrons. The molecule has 0 saturated heterocycles. The minimum Gasteiger partial charge on any atom is -0.508 e. The minimum absolute atomic E-state index is 0.0473. The topological polar surface area (TPSA) is 80.4 Å². The Morgan fingerprint density at radius 3 is 2.67 bits per heavy atom. The number of sulfone groups is 1. The molecule has 15 heavy (non-hydrogen) atoms. The zero-order valence-electron chi connectivity index (χ0n) is 8.14. The van der Waals surface area contributed by atoms with Crippen LogP contribution in [0.1, 0.15) is 12.5 Å². The van der Waals surface area contributed by atoms with E-state index in [1.54, 1.807) is 6.92 Å². The molecule has 0 amide bonds. The lowest BCUT2D eigenvalue weighted by Crippen LogP contribution is -2.21. The van der Waals surface area contributed by atoms with Crippen molar-refractivity contribution in [3.63, 3.8) is 0 Å². The molecule has 0 spiro atoms. The Labute approximate surface area is 88.0 Å². The van der Waals surface area contributed by atoms with Gasteiger partial charge in [-0.2, -0.15) is 0 Å². The van der Waals surface area contributed by atoms with Crippen LogP contribution in [0.4, 0.5) is 0 Å². The molecule has 1 heterocycles. The van der Waals surface area contributed by atoms with Crippen molar-refractivity contribution >= 4 is 15.9 Å². The van der Waals surface area contributed by atoms with Gasteiger partial charge in [0.2, 0.25) is 9.84 Å². The number of phenolic OH excluding ortho intramolecular Hbond substituents is 1. The van der Waals surface area contributed by atoms with E-state index in [0.29, 0.717) is 5.56 Å². The van der Waals surface area contributed by atoms with Crippen LogP contribution in [0.25, 0.3) is 6.08 Å². The molecule has 5 heteroatoms. The molecule has 3 N–H and O–H groups in total. The highest BCUT2D eigenvalue weighted by molar-refractivity contribution is 7.96. The maximum Gasteiger partial charge on any atom is 0.204 e. The Bertz CT molecular complexity index is 544. The summed E-state index contributed by atoms with van der Waals surface area (Å²) in [7, 11) is -3.44. The average Bonchev–Trinajstić information content (AvgIpc) is 2.37. The SMILES string of the molecule is CC(N)C1=Cc2cc(O)ccc2S1(=O)=O. The van der Waals surface area contributed by atoms with Gasteiger partial charge in [-0.3, -0.25) is 0 Å². The van der Waals surface area contributed by atoms with Crippen molar-refractivity contribution < 1.29 is 13.5 Å². The smallest absolute Gasteiger partial charge is 0.204 e. The Hall–Kier alpha value is -1.33. The number of hydrogen-bond acceptors (Lipinski definition) is 4. The Morgan fingerprint density at radius 1 is 1.40 bits per heavy atom. The molecular weight excluding hydrogens is 214 g/mol. The number of fused-ring (bicyclic) bond motifs is 1. The fourth-order valence-electron chi connectivity index (χ4n) is 1.63. The molecule has 1 aromatic rings. The standard InChI is InChI=1S/C10H11NO3S/c1-6(11)10-5-7-4-8(12)2-3-9(7)15(10,13)14/h2-6,12H,11H2,1H3. The van der Waals surface area contributed by atoms with Crippen molar-refractivity contribution in [1.82, 2.24) is 0 Å². The van der Waals surface area contributed by atoms with Gasteiger partial charge in [-0.25, -0.2) is 8.42 Å². The van der Waals surface area contributed by atoms with Crippen LogP contribution in [0.3, 0.4) is 0 Å². The highest BCUT2D eigenvalue weighted by atomic mass is 32.2. The van der Waals surface area contributed by atoms with Crippen LogP contribution in [0.2, 0.25) is 0 Å². The molecule has 4 nitrogen and oxygen atoms in total. The molecule has 0 bridgehead atoms. The molecule has 0 saturated carbocycles. The van der Waals surface area contributed by atoms with Gasteiger partial charge in [0.25, 0.3) is 0 Å². The number of nitrogens with two attached hydrogens (primary N) is 1. The molecule has 0 aliphatic carbocycles. The summed E-state index contributed by atoms with van der Waals surface area (Å²) in [5.74, 6) is 0.0473. The van der Waals surface area contributed by atoms with Gasteiger partial charge >= 0.3 is 0 Å². The quantitative estimate of drug-likeness (QED) is 0.743. The van der Waals surface area contributed by atoms with Gasteiger partial charge in [-0.05, 0) is 36.8 Å². The second-order valence-corrected chi connectivity index (χ2v) is 5.48. The summed E-state index contributed by atoms with van der Waals surface area (Å²) in [6, 6.07) is 3.63. The lowest BCUT2D eigenvalue weighted by Gasteiger charge is -2.06. The molecule has 1 aromatic carbocycles. The van der Waals surface area contributed by atoms with Crippen molar-refractivity contribution in [1.29, 1.82) is 0 Å². The summed E-state index contributed by atoms with van der Waals surface area (Å²) in [5.41, 5.74) is 6.08. The maximum absolute atomic E-state index is 11.9. The zero-order chi connectivity index (χ0) is 11.2. The molecule has 1 atom stereocenters. The summed E-state index contributed by atoms with van der Waals surface area (Å²) in [4.78, 5) is 0.413. The second kappa shape index (κ2) is 3.08. The van der Waals surface area contributed by atoms with Crippen LogP contribution in [0.15, 0.2) is 28.0 Å². The van der Waals surface area contributed by atoms with E-state index in [1.165, 1.54) is 24.3 Å². The Kier molecular flexibility index (Phi) is 2.09. The molecule has 2 rings (SSSR count). The summed E-state index contributed by atoms with van der Waals surface area (Å²) in [5, 5.41) is 9.24. The third-order valence-corrected chi connectivity index (χ3v) is 4.40. The predicted molar refractivity (Wildman–Crippen MR) is 56.9 cm³/mol. The monoisotopic (exact) mass is 225 g/mol. The van der Waals surface area contributed by atoms with Crippen molar-refractivity contribution in [3.8, 4) is 5.75 Å². The van der Waals surface area contributed by atoms with Crippen LogP contribution < -0.4 is 5.73 Å². The van der Waals surface area contributed by atoms with Crippen molar-refractivity contribution in [2.24, 2.45) is 5.73 Å². The molecule has 1 aliphatic heterocycles. The summed E-state index contributed by atoms with van der Waals surface area (Å²) < 4.78 is 23.8. The molecule has 0 radical (unpaired) electrons. The first kappa shape index (κ1) is 10.2. The largest absolute Gasteiger partial charge is 0.508 e. The fourth-order valence-corrected chi connectivity index (χ4v) is 3.33. The van der Waals surface area contributed by atoms with Crippen LogP contribution >= 0.6 is 0 Å². The average molecular weight is 225 g/mol. The van der Waals surface area contributed by atoms with Gasteiger partial charge < -0.3 is 10.8 Å². The summed E-state index contributed by atoms with van der Waals surface area (Å²) in [6.45, 7) is 1.62. The van der Waals surface area contributed by atoms with Crippen molar-refractivity contribution in [3.05, 3.63) is 28.7 Å². The maximum atomic E-state index is 11.9. The van der Waals surface area contributed by atoms with Gasteiger partial charge in [-0.1, -0.05) is 0 Å².